The molecule has 2 aromatic heterocycles. The molecule has 0 fully saturated rings. The van der Waals surface area contributed by atoms with Crippen molar-refractivity contribution in [3.8, 4) is 32.0 Å². The number of thiophene rings is 2. The van der Waals surface area contributed by atoms with E-state index in [9.17, 15) is 0 Å². The second-order valence-corrected chi connectivity index (χ2v) is 11.4. The van der Waals surface area contributed by atoms with E-state index in [4.69, 9.17) is 0 Å². The van der Waals surface area contributed by atoms with Gasteiger partial charge in [0.05, 0.1) is 4.88 Å². The molecule has 0 saturated carbocycles. The van der Waals surface area contributed by atoms with Crippen molar-refractivity contribution in [1.29, 1.82) is 0 Å². The van der Waals surface area contributed by atoms with E-state index in [2.05, 4.69) is 125 Å². The molecule has 2 heteroatoms. The lowest BCUT2D eigenvalue weighted by atomic mass is 9.97. The molecule has 0 atom stereocenters. The van der Waals surface area contributed by atoms with E-state index in [1.807, 2.05) is 22.7 Å². The molecule has 0 bridgehead atoms. The fraction of sp³-hybridized carbons (Fsp3) is 0.152. The Balaban J connectivity index is 1.64. The summed E-state index contributed by atoms with van der Waals surface area (Å²) in [6, 6.07) is 26.9. The van der Waals surface area contributed by atoms with E-state index >= 15 is 0 Å². The van der Waals surface area contributed by atoms with Crippen molar-refractivity contribution in [3.63, 3.8) is 0 Å². The molecule has 0 unspecified atom stereocenters. The van der Waals surface area contributed by atoms with E-state index in [0.29, 0.717) is 0 Å². The second kappa shape index (κ2) is 9.81. The van der Waals surface area contributed by atoms with Crippen LogP contribution in [0, 0.1) is 34.6 Å². The van der Waals surface area contributed by atoms with E-state index < -0.39 is 0 Å². The fourth-order valence-electron chi connectivity index (χ4n) is 4.64. The Kier molecular flexibility index (Phi) is 6.60. The summed E-state index contributed by atoms with van der Waals surface area (Å²) in [4.78, 5) is 3.98. The first-order valence-electron chi connectivity index (χ1n) is 12.0. The molecule has 0 saturated heterocycles. The van der Waals surface area contributed by atoms with Gasteiger partial charge in [0.1, 0.15) is 0 Å². The highest BCUT2D eigenvalue weighted by atomic mass is 32.1. The third-order valence-corrected chi connectivity index (χ3v) is 8.69. The van der Waals surface area contributed by atoms with Crippen LogP contribution in [0.2, 0.25) is 0 Å². The minimum atomic E-state index is 1.23. The summed E-state index contributed by atoms with van der Waals surface area (Å²) in [6.45, 7) is 10.9. The largest absolute Gasteiger partial charge is 0.142 e. The maximum Gasteiger partial charge on any atom is 0.0521 e. The molecule has 0 N–H and O–H groups in total. The van der Waals surface area contributed by atoms with Crippen molar-refractivity contribution >= 4 is 34.8 Å². The van der Waals surface area contributed by atoms with Crippen LogP contribution in [0.15, 0.2) is 78.2 Å². The van der Waals surface area contributed by atoms with Crippen LogP contribution in [-0.4, -0.2) is 0 Å². The molecule has 0 aliphatic rings. The van der Waals surface area contributed by atoms with Crippen LogP contribution in [0.5, 0.6) is 0 Å². The van der Waals surface area contributed by atoms with Gasteiger partial charge in [-0.2, -0.15) is 0 Å². The van der Waals surface area contributed by atoms with Crippen molar-refractivity contribution in [3.05, 3.63) is 116 Å². The van der Waals surface area contributed by atoms with Crippen LogP contribution in [0.3, 0.4) is 0 Å². The van der Waals surface area contributed by atoms with E-state index in [-0.39, 0.29) is 0 Å². The van der Waals surface area contributed by atoms with Gasteiger partial charge < -0.3 is 0 Å². The predicted octanol–water partition coefficient (Wildman–Crippen LogP) is 10.5. The van der Waals surface area contributed by atoms with Gasteiger partial charge in [-0.25, -0.2) is 0 Å². The average molecular weight is 491 g/mol. The Bertz CT molecular complexity index is 1520. The topological polar surface area (TPSA) is 0 Å². The lowest BCUT2D eigenvalue weighted by Crippen LogP contribution is -1.85. The van der Waals surface area contributed by atoms with E-state index in [0.717, 1.165) is 0 Å². The number of rotatable bonds is 5. The summed E-state index contributed by atoms with van der Waals surface area (Å²) in [5.74, 6) is 0. The Hall–Kier alpha value is -3.20. The third kappa shape index (κ3) is 4.96. The maximum atomic E-state index is 2.40. The highest BCUT2D eigenvalue weighted by Gasteiger charge is 2.17. The molecule has 35 heavy (non-hydrogen) atoms. The lowest BCUT2D eigenvalue weighted by molar-refractivity contribution is 1.38. The average Bonchev–Trinajstić information content (AvgIpc) is 3.46. The van der Waals surface area contributed by atoms with Gasteiger partial charge in [0.25, 0.3) is 0 Å². The fourth-order valence-corrected chi connectivity index (χ4v) is 6.77. The van der Waals surface area contributed by atoms with E-state index in [1.165, 1.54) is 70.3 Å². The van der Waals surface area contributed by atoms with Gasteiger partial charge in [0.2, 0.25) is 0 Å². The molecule has 3 aromatic carbocycles. The first-order valence-corrected chi connectivity index (χ1v) is 13.7. The van der Waals surface area contributed by atoms with Crippen LogP contribution >= 0.6 is 22.7 Å². The normalized spacial score (nSPS) is 11.5. The second-order valence-electron chi connectivity index (χ2n) is 9.43. The Morgan fingerprint density at radius 2 is 1.14 bits per heavy atom. The number of hydrogen-bond acceptors (Lipinski definition) is 2. The minimum absolute atomic E-state index is 1.23. The highest BCUT2D eigenvalue weighted by Crippen LogP contribution is 2.45. The van der Waals surface area contributed by atoms with E-state index in [1.54, 1.807) is 0 Å². The summed E-state index contributed by atoms with van der Waals surface area (Å²) in [7, 11) is 0. The molecule has 174 valence electrons. The van der Waals surface area contributed by atoms with Gasteiger partial charge in [-0.3, -0.25) is 0 Å². The highest BCUT2D eigenvalue weighted by molar-refractivity contribution is 7.22. The molecule has 0 aliphatic carbocycles. The molecule has 0 radical (unpaired) electrons. The number of aryl methyl sites for hydroxylation is 5. The van der Waals surface area contributed by atoms with Gasteiger partial charge in [-0.05, 0) is 86.0 Å². The first-order chi connectivity index (χ1) is 16.9. The SMILES string of the molecule is Cc1ccc(/C=C/c2sc(-c3sccc3-c3ccc(C)cc3C)cc2-c2ccc(C)cc2C)cc1. The molecular formula is C33H30S2. The van der Waals surface area contributed by atoms with Crippen molar-refractivity contribution in [1.82, 2.24) is 0 Å². The molecule has 0 spiro atoms. The molecule has 5 aromatic rings. The Morgan fingerprint density at radius 3 is 1.77 bits per heavy atom. The van der Waals surface area contributed by atoms with Crippen LogP contribution < -0.4 is 0 Å². The standard InChI is InChI=1S/C33H30S2/c1-21-6-10-26(11-7-21)12-15-31-30(28-14-9-23(3)19-25(28)5)20-32(35-31)33-29(16-17-34-33)27-13-8-22(2)18-24(27)4/h6-20H,1-5H3/b15-12+. The van der Waals surface area contributed by atoms with Crippen LogP contribution in [0.4, 0.5) is 0 Å². The summed E-state index contributed by atoms with van der Waals surface area (Å²) in [6.07, 6.45) is 4.53. The van der Waals surface area contributed by atoms with Crippen LogP contribution in [-0.2, 0) is 0 Å². The number of benzene rings is 3. The molecule has 0 amide bonds. The molecule has 2 heterocycles. The smallest absolute Gasteiger partial charge is 0.0521 e. The summed E-state index contributed by atoms with van der Waals surface area (Å²) >= 11 is 3.73. The molecular weight excluding hydrogens is 460 g/mol. The predicted molar refractivity (Wildman–Crippen MR) is 158 cm³/mol. The van der Waals surface area contributed by atoms with Crippen LogP contribution in [0.25, 0.3) is 44.2 Å². The minimum Gasteiger partial charge on any atom is -0.142 e. The van der Waals surface area contributed by atoms with Gasteiger partial charge in [-0.15, -0.1) is 22.7 Å². The molecule has 0 nitrogen and oxygen atoms in total. The molecule has 0 aliphatic heterocycles. The zero-order valence-corrected chi connectivity index (χ0v) is 22.6. The first kappa shape index (κ1) is 23.5. The quantitative estimate of drug-likeness (QED) is 0.230. The molecule has 5 rings (SSSR count). The summed E-state index contributed by atoms with van der Waals surface area (Å²) in [5, 5.41) is 2.22. The van der Waals surface area contributed by atoms with Crippen molar-refractivity contribution in [2.75, 3.05) is 0 Å². The third-order valence-electron chi connectivity index (χ3n) is 6.50. The van der Waals surface area contributed by atoms with Gasteiger partial charge in [0, 0.05) is 20.9 Å². The zero-order valence-electron chi connectivity index (χ0n) is 21.0. The Morgan fingerprint density at radius 1 is 0.543 bits per heavy atom. The van der Waals surface area contributed by atoms with Crippen LogP contribution in [0.1, 0.15) is 38.3 Å². The van der Waals surface area contributed by atoms with Gasteiger partial charge in [0.15, 0.2) is 0 Å². The van der Waals surface area contributed by atoms with Crippen molar-refractivity contribution in [2.24, 2.45) is 0 Å². The zero-order chi connectivity index (χ0) is 24.5. The lowest BCUT2D eigenvalue weighted by Gasteiger charge is -2.08. The monoisotopic (exact) mass is 490 g/mol. The summed E-state index contributed by atoms with van der Waals surface area (Å²) < 4.78 is 0. The van der Waals surface area contributed by atoms with Gasteiger partial charge in [-0.1, -0.05) is 83.4 Å². The van der Waals surface area contributed by atoms with Crippen molar-refractivity contribution in [2.45, 2.75) is 34.6 Å². The number of hydrogen-bond donors (Lipinski definition) is 0. The maximum absolute atomic E-state index is 2.40. The Labute approximate surface area is 217 Å². The summed E-state index contributed by atoms with van der Waals surface area (Å²) in [5.41, 5.74) is 13.0. The van der Waals surface area contributed by atoms with Gasteiger partial charge >= 0.3 is 0 Å². The van der Waals surface area contributed by atoms with Crippen molar-refractivity contribution < 1.29 is 0 Å².